The van der Waals surface area contributed by atoms with Crippen LogP contribution in [0.3, 0.4) is 0 Å². The number of hydrogen-bond acceptors (Lipinski definition) is 3. The molecule has 0 aliphatic carbocycles. The number of imidazole rings is 1. The second-order valence-corrected chi connectivity index (χ2v) is 4.85. The van der Waals surface area contributed by atoms with Crippen molar-refractivity contribution in [3.63, 3.8) is 0 Å². The number of fused-ring (bicyclic) bond motifs is 1. The number of aromatic nitrogens is 2. The van der Waals surface area contributed by atoms with E-state index in [9.17, 15) is 0 Å². The standard InChI is InChI=1S/C8H10BrN3S/c1-5-4-12-7(9)6(2-3-10)11-8(12)13-5/h4H,2-3,10H2,1H3. The molecule has 2 heterocycles. The molecule has 13 heavy (non-hydrogen) atoms. The molecule has 0 saturated carbocycles. The summed E-state index contributed by atoms with van der Waals surface area (Å²) < 4.78 is 3.10. The van der Waals surface area contributed by atoms with Gasteiger partial charge in [0.25, 0.3) is 0 Å². The summed E-state index contributed by atoms with van der Waals surface area (Å²) in [6, 6.07) is 0. The second kappa shape index (κ2) is 3.40. The van der Waals surface area contributed by atoms with E-state index in [0.29, 0.717) is 6.54 Å². The molecule has 2 rings (SSSR count). The van der Waals surface area contributed by atoms with Crippen LogP contribution >= 0.6 is 27.3 Å². The van der Waals surface area contributed by atoms with E-state index in [0.717, 1.165) is 21.7 Å². The van der Waals surface area contributed by atoms with Crippen LogP contribution in [0, 0.1) is 6.92 Å². The number of nitrogens with two attached hydrogens (primary N) is 1. The minimum atomic E-state index is 0.641. The minimum absolute atomic E-state index is 0.641. The fourth-order valence-corrected chi connectivity index (χ4v) is 2.79. The number of nitrogens with zero attached hydrogens (tertiary/aromatic N) is 2. The molecular weight excluding hydrogens is 250 g/mol. The SMILES string of the molecule is Cc1cn2c(Br)c(CCN)nc2s1. The lowest BCUT2D eigenvalue weighted by Gasteiger charge is -1.92. The van der Waals surface area contributed by atoms with Gasteiger partial charge in [0, 0.05) is 17.5 Å². The van der Waals surface area contributed by atoms with E-state index < -0.39 is 0 Å². The second-order valence-electron chi connectivity index (χ2n) is 2.88. The van der Waals surface area contributed by atoms with Crippen molar-refractivity contribution in [2.75, 3.05) is 6.54 Å². The molecule has 0 saturated heterocycles. The molecule has 2 aromatic rings. The number of halogens is 1. The van der Waals surface area contributed by atoms with E-state index in [1.165, 1.54) is 4.88 Å². The van der Waals surface area contributed by atoms with Crippen LogP contribution in [0.2, 0.25) is 0 Å². The highest BCUT2D eigenvalue weighted by Crippen LogP contribution is 2.24. The summed E-state index contributed by atoms with van der Waals surface area (Å²) in [4.78, 5) is 6.78. The van der Waals surface area contributed by atoms with Crippen molar-refractivity contribution < 1.29 is 0 Å². The molecular formula is C8H10BrN3S. The molecule has 0 radical (unpaired) electrons. The normalized spacial score (nSPS) is 11.3. The van der Waals surface area contributed by atoms with Gasteiger partial charge in [-0.25, -0.2) is 4.98 Å². The Hall–Kier alpha value is -0.390. The molecule has 0 fully saturated rings. The Kier molecular flexibility index (Phi) is 2.40. The molecule has 0 atom stereocenters. The quantitative estimate of drug-likeness (QED) is 0.897. The molecule has 0 amide bonds. The van der Waals surface area contributed by atoms with E-state index in [2.05, 4.69) is 38.4 Å². The van der Waals surface area contributed by atoms with Crippen molar-refractivity contribution in [1.82, 2.24) is 9.38 Å². The zero-order chi connectivity index (χ0) is 9.42. The summed E-state index contributed by atoms with van der Waals surface area (Å²) in [6.07, 6.45) is 2.91. The number of hydrogen-bond donors (Lipinski definition) is 1. The van der Waals surface area contributed by atoms with E-state index in [1.54, 1.807) is 11.3 Å². The van der Waals surface area contributed by atoms with Crippen molar-refractivity contribution in [2.24, 2.45) is 5.73 Å². The maximum absolute atomic E-state index is 5.48. The smallest absolute Gasteiger partial charge is 0.195 e. The van der Waals surface area contributed by atoms with Crippen LogP contribution in [-0.4, -0.2) is 15.9 Å². The van der Waals surface area contributed by atoms with Gasteiger partial charge in [-0.15, -0.1) is 11.3 Å². The summed E-state index contributed by atoms with van der Waals surface area (Å²) >= 11 is 5.21. The molecule has 2 N–H and O–H groups in total. The minimum Gasteiger partial charge on any atom is -0.330 e. The van der Waals surface area contributed by atoms with Crippen molar-refractivity contribution in [1.29, 1.82) is 0 Å². The van der Waals surface area contributed by atoms with E-state index in [1.807, 2.05) is 0 Å². The van der Waals surface area contributed by atoms with Crippen LogP contribution in [0.1, 0.15) is 10.6 Å². The van der Waals surface area contributed by atoms with Gasteiger partial charge in [-0.3, -0.25) is 4.40 Å². The third-order valence-corrected chi connectivity index (χ3v) is 3.57. The first-order valence-electron chi connectivity index (χ1n) is 4.05. The summed E-state index contributed by atoms with van der Waals surface area (Å²) in [5, 5.41) is 0. The third-order valence-electron chi connectivity index (χ3n) is 1.83. The highest BCUT2D eigenvalue weighted by atomic mass is 79.9. The first-order chi connectivity index (χ1) is 6.22. The Morgan fingerprint density at radius 1 is 1.69 bits per heavy atom. The molecule has 2 aromatic heterocycles. The van der Waals surface area contributed by atoms with Gasteiger partial charge in [-0.2, -0.15) is 0 Å². The molecule has 0 aromatic carbocycles. The Morgan fingerprint density at radius 3 is 3.08 bits per heavy atom. The first-order valence-corrected chi connectivity index (χ1v) is 5.66. The topological polar surface area (TPSA) is 43.3 Å². The Labute approximate surface area is 88.7 Å². The van der Waals surface area contributed by atoms with E-state index in [4.69, 9.17) is 5.73 Å². The maximum Gasteiger partial charge on any atom is 0.195 e. The molecule has 0 aliphatic heterocycles. The van der Waals surface area contributed by atoms with Crippen LogP contribution in [0.4, 0.5) is 0 Å². The van der Waals surface area contributed by atoms with Gasteiger partial charge in [-0.1, -0.05) is 0 Å². The number of rotatable bonds is 2. The van der Waals surface area contributed by atoms with Crippen molar-refractivity contribution in [3.05, 3.63) is 21.4 Å². The van der Waals surface area contributed by atoms with Crippen molar-refractivity contribution in [3.8, 4) is 0 Å². The summed E-state index contributed by atoms with van der Waals surface area (Å²) in [5.41, 5.74) is 6.53. The maximum atomic E-state index is 5.48. The number of thiazole rings is 1. The number of aryl methyl sites for hydroxylation is 1. The summed E-state index contributed by atoms with van der Waals surface area (Å²) in [5.74, 6) is 0. The average Bonchev–Trinajstić information content (AvgIpc) is 2.54. The monoisotopic (exact) mass is 259 g/mol. The predicted molar refractivity (Wildman–Crippen MR) is 58.3 cm³/mol. The van der Waals surface area contributed by atoms with Crippen LogP contribution in [0.5, 0.6) is 0 Å². The molecule has 0 spiro atoms. The van der Waals surface area contributed by atoms with Crippen molar-refractivity contribution >= 4 is 32.2 Å². The van der Waals surface area contributed by atoms with E-state index in [-0.39, 0.29) is 0 Å². The van der Waals surface area contributed by atoms with Gasteiger partial charge < -0.3 is 5.73 Å². The molecule has 3 nitrogen and oxygen atoms in total. The van der Waals surface area contributed by atoms with Gasteiger partial charge >= 0.3 is 0 Å². The van der Waals surface area contributed by atoms with Crippen LogP contribution in [0.15, 0.2) is 10.8 Å². The largest absolute Gasteiger partial charge is 0.330 e. The lowest BCUT2D eigenvalue weighted by atomic mass is 10.3. The van der Waals surface area contributed by atoms with Gasteiger partial charge in [0.15, 0.2) is 4.96 Å². The molecule has 70 valence electrons. The Balaban J connectivity index is 2.56. The molecule has 0 unspecified atom stereocenters. The van der Waals surface area contributed by atoms with Crippen LogP contribution in [-0.2, 0) is 6.42 Å². The lowest BCUT2D eigenvalue weighted by Crippen LogP contribution is -2.03. The highest BCUT2D eigenvalue weighted by Gasteiger charge is 2.10. The van der Waals surface area contributed by atoms with Gasteiger partial charge in [-0.05, 0) is 29.4 Å². The molecule has 0 aliphatic rings. The van der Waals surface area contributed by atoms with E-state index >= 15 is 0 Å². The Morgan fingerprint density at radius 2 is 2.46 bits per heavy atom. The van der Waals surface area contributed by atoms with Crippen LogP contribution < -0.4 is 5.73 Å². The fourth-order valence-electron chi connectivity index (χ4n) is 1.27. The van der Waals surface area contributed by atoms with Gasteiger partial charge in [0.05, 0.1) is 5.69 Å². The van der Waals surface area contributed by atoms with Crippen LogP contribution in [0.25, 0.3) is 4.96 Å². The Bertz CT molecular complexity index is 432. The average molecular weight is 260 g/mol. The molecule has 0 bridgehead atoms. The zero-order valence-corrected chi connectivity index (χ0v) is 9.65. The van der Waals surface area contributed by atoms with Gasteiger partial charge in [0.1, 0.15) is 4.60 Å². The predicted octanol–water partition coefficient (Wildman–Crippen LogP) is 1.97. The molecule has 5 heteroatoms. The lowest BCUT2D eigenvalue weighted by molar-refractivity contribution is 0.928. The van der Waals surface area contributed by atoms with Gasteiger partial charge in [0.2, 0.25) is 0 Å². The summed E-state index contributed by atoms with van der Waals surface area (Å²) in [6.45, 7) is 2.72. The first kappa shape index (κ1) is 9.18. The fraction of sp³-hybridized carbons (Fsp3) is 0.375. The third kappa shape index (κ3) is 1.51. The summed E-state index contributed by atoms with van der Waals surface area (Å²) in [7, 11) is 0. The van der Waals surface area contributed by atoms with Crippen molar-refractivity contribution in [2.45, 2.75) is 13.3 Å². The zero-order valence-electron chi connectivity index (χ0n) is 7.25. The highest BCUT2D eigenvalue weighted by molar-refractivity contribution is 9.10.